The molecule has 100 valence electrons. The molecule has 0 fully saturated rings. The molecule has 0 radical (unpaired) electrons. The van der Waals surface area contributed by atoms with E-state index < -0.39 is 0 Å². The van der Waals surface area contributed by atoms with Crippen LogP contribution in [0.5, 0.6) is 5.75 Å². The molecule has 0 aliphatic carbocycles. The van der Waals surface area contributed by atoms with E-state index in [4.69, 9.17) is 10.5 Å². The minimum Gasteiger partial charge on any atom is -0.493 e. The van der Waals surface area contributed by atoms with E-state index >= 15 is 0 Å². The van der Waals surface area contributed by atoms with Crippen molar-refractivity contribution in [3.05, 3.63) is 42.2 Å². The monoisotopic (exact) mass is 251 g/mol. The third-order valence-corrected chi connectivity index (χ3v) is 2.78. The van der Waals surface area contributed by atoms with Gasteiger partial charge in [0.25, 0.3) is 0 Å². The molecule has 2 nitrogen and oxygen atoms in total. The van der Waals surface area contributed by atoms with Crippen LogP contribution in [0.3, 0.4) is 0 Å². The summed E-state index contributed by atoms with van der Waals surface area (Å²) in [4.78, 5) is 0. The molecule has 0 saturated heterocycles. The predicted octanol–water partition coefficient (Wildman–Crippen LogP) is 3.97. The molecule has 0 aliphatic rings. The van der Waals surface area contributed by atoms with Crippen molar-refractivity contribution in [2.45, 2.75) is 38.6 Å². The molecule has 1 aromatic carbocycles. The van der Waals surface area contributed by atoms with Crippen molar-refractivity contribution in [1.29, 1.82) is 0 Å². The van der Waals surface area contributed by atoms with Crippen LogP contribution in [-0.2, 0) is 0 Å². The molecular weight excluding hydrogens is 229 g/mol. The fourth-order valence-corrected chi connectivity index (χ4v) is 1.76. The third-order valence-electron chi connectivity index (χ3n) is 2.78. The van der Waals surface area contributed by atoms with E-state index in [-0.39, 0.29) is 11.9 Å². The third kappa shape index (κ3) is 4.88. The Hall–Kier alpha value is -1.35. The van der Waals surface area contributed by atoms with E-state index in [9.17, 15) is 4.39 Å². The zero-order valence-electron chi connectivity index (χ0n) is 11.0. The van der Waals surface area contributed by atoms with E-state index in [1.807, 2.05) is 13.0 Å². The molecule has 3 heteroatoms. The lowest BCUT2D eigenvalue weighted by Gasteiger charge is -2.14. The Labute approximate surface area is 109 Å². The molecule has 18 heavy (non-hydrogen) atoms. The van der Waals surface area contributed by atoms with Crippen LogP contribution < -0.4 is 10.5 Å². The van der Waals surface area contributed by atoms with Crippen molar-refractivity contribution >= 4 is 0 Å². The number of hydrogen-bond acceptors (Lipinski definition) is 2. The van der Waals surface area contributed by atoms with Crippen LogP contribution >= 0.6 is 0 Å². The van der Waals surface area contributed by atoms with Gasteiger partial charge in [0.15, 0.2) is 0 Å². The molecule has 2 N–H and O–H groups in total. The SMILES string of the molecule is C=CCCCCCOc1cc(F)ccc1[C@H](C)N. The molecule has 0 aliphatic heterocycles. The predicted molar refractivity (Wildman–Crippen MR) is 73.2 cm³/mol. The summed E-state index contributed by atoms with van der Waals surface area (Å²) in [6.07, 6.45) is 6.13. The van der Waals surface area contributed by atoms with E-state index in [0.29, 0.717) is 12.4 Å². The molecule has 1 atom stereocenters. The summed E-state index contributed by atoms with van der Waals surface area (Å²) < 4.78 is 18.8. The Kier molecular flexibility index (Phi) is 6.44. The second-order valence-corrected chi connectivity index (χ2v) is 4.46. The molecule has 0 spiro atoms. The maximum Gasteiger partial charge on any atom is 0.126 e. The van der Waals surface area contributed by atoms with Crippen LogP contribution in [0.2, 0.25) is 0 Å². The first-order chi connectivity index (χ1) is 8.65. The molecule has 1 aromatic rings. The average Bonchev–Trinajstić information content (AvgIpc) is 2.33. The number of rotatable bonds is 8. The van der Waals surface area contributed by atoms with Crippen molar-refractivity contribution in [3.8, 4) is 5.75 Å². The van der Waals surface area contributed by atoms with Gasteiger partial charge in [-0.2, -0.15) is 0 Å². The molecular formula is C15H22FNO. The van der Waals surface area contributed by atoms with Gasteiger partial charge < -0.3 is 10.5 Å². The minimum absolute atomic E-state index is 0.152. The van der Waals surface area contributed by atoms with E-state index in [1.54, 1.807) is 6.07 Å². The maximum absolute atomic E-state index is 13.2. The topological polar surface area (TPSA) is 35.2 Å². The number of hydrogen-bond donors (Lipinski definition) is 1. The lowest BCUT2D eigenvalue weighted by molar-refractivity contribution is 0.299. The van der Waals surface area contributed by atoms with Crippen molar-refractivity contribution < 1.29 is 9.13 Å². The fraction of sp³-hybridized carbons (Fsp3) is 0.467. The lowest BCUT2D eigenvalue weighted by Crippen LogP contribution is -2.09. The summed E-state index contributed by atoms with van der Waals surface area (Å²) in [6, 6.07) is 4.35. The molecule has 0 aromatic heterocycles. The second kappa shape index (κ2) is 7.88. The highest BCUT2D eigenvalue weighted by atomic mass is 19.1. The zero-order chi connectivity index (χ0) is 13.4. The van der Waals surface area contributed by atoms with Gasteiger partial charge in [0.2, 0.25) is 0 Å². The normalized spacial score (nSPS) is 12.2. The Balaban J connectivity index is 2.45. The summed E-state index contributed by atoms with van der Waals surface area (Å²) in [5.41, 5.74) is 6.67. The van der Waals surface area contributed by atoms with Gasteiger partial charge >= 0.3 is 0 Å². The van der Waals surface area contributed by atoms with E-state index in [2.05, 4.69) is 6.58 Å². The van der Waals surface area contributed by atoms with Gasteiger partial charge in [0.1, 0.15) is 11.6 Å². The minimum atomic E-state index is -0.291. The summed E-state index contributed by atoms with van der Waals surface area (Å²) in [6.45, 7) is 6.14. The first-order valence-electron chi connectivity index (χ1n) is 6.44. The van der Waals surface area contributed by atoms with Gasteiger partial charge in [0.05, 0.1) is 6.61 Å². The van der Waals surface area contributed by atoms with Gasteiger partial charge in [-0.15, -0.1) is 6.58 Å². The highest BCUT2D eigenvalue weighted by Crippen LogP contribution is 2.25. The van der Waals surface area contributed by atoms with Crippen molar-refractivity contribution in [2.24, 2.45) is 5.73 Å². The number of halogens is 1. The molecule has 0 bridgehead atoms. The Morgan fingerprint density at radius 1 is 1.39 bits per heavy atom. The van der Waals surface area contributed by atoms with Crippen molar-refractivity contribution in [2.75, 3.05) is 6.61 Å². The Bertz CT molecular complexity index is 377. The molecule has 0 amide bonds. The summed E-state index contributed by atoms with van der Waals surface area (Å²) in [5, 5.41) is 0. The highest BCUT2D eigenvalue weighted by molar-refractivity contribution is 5.36. The summed E-state index contributed by atoms with van der Waals surface area (Å²) >= 11 is 0. The number of unbranched alkanes of at least 4 members (excludes halogenated alkanes) is 3. The molecule has 0 heterocycles. The van der Waals surface area contributed by atoms with Crippen LogP contribution in [0.1, 0.15) is 44.2 Å². The number of ether oxygens (including phenoxy) is 1. The largest absolute Gasteiger partial charge is 0.493 e. The molecule has 0 saturated carbocycles. The van der Waals surface area contributed by atoms with Crippen molar-refractivity contribution in [3.63, 3.8) is 0 Å². The standard InChI is InChI=1S/C15H22FNO/c1-3-4-5-6-7-10-18-15-11-13(16)8-9-14(15)12(2)17/h3,8-9,11-12H,1,4-7,10,17H2,2H3/t12-/m0/s1. The highest BCUT2D eigenvalue weighted by Gasteiger charge is 2.09. The quantitative estimate of drug-likeness (QED) is 0.560. The van der Waals surface area contributed by atoms with Gasteiger partial charge in [-0.25, -0.2) is 4.39 Å². The lowest BCUT2D eigenvalue weighted by atomic mass is 10.1. The summed E-state index contributed by atoms with van der Waals surface area (Å²) in [5.74, 6) is 0.273. The Morgan fingerprint density at radius 2 is 2.17 bits per heavy atom. The maximum atomic E-state index is 13.2. The molecule has 0 unspecified atom stereocenters. The number of benzene rings is 1. The van der Waals surface area contributed by atoms with Crippen LogP contribution in [0.15, 0.2) is 30.9 Å². The van der Waals surface area contributed by atoms with E-state index in [1.165, 1.54) is 12.1 Å². The van der Waals surface area contributed by atoms with Gasteiger partial charge in [0, 0.05) is 17.7 Å². The second-order valence-electron chi connectivity index (χ2n) is 4.46. The fourth-order valence-electron chi connectivity index (χ4n) is 1.76. The van der Waals surface area contributed by atoms with Crippen LogP contribution in [0.25, 0.3) is 0 Å². The van der Waals surface area contributed by atoms with Gasteiger partial charge in [-0.05, 0) is 38.7 Å². The van der Waals surface area contributed by atoms with Gasteiger partial charge in [-0.1, -0.05) is 12.1 Å². The van der Waals surface area contributed by atoms with Crippen LogP contribution in [0, 0.1) is 5.82 Å². The smallest absolute Gasteiger partial charge is 0.126 e. The number of allylic oxidation sites excluding steroid dienone is 1. The average molecular weight is 251 g/mol. The van der Waals surface area contributed by atoms with Crippen LogP contribution in [0.4, 0.5) is 4.39 Å². The zero-order valence-corrected chi connectivity index (χ0v) is 11.0. The van der Waals surface area contributed by atoms with Crippen molar-refractivity contribution in [1.82, 2.24) is 0 Å². The summed E-state index contributed by atoms with van der Waals surface area (Å²) in [7, 11) is 0. The first kappa shape index (κ1) is 14.7. The van der Waals surface area contributed by atoms with E-state index in [0.717, 1.165) is 31.2 Å². The van der Waals surface area contributed by atoms with Gasteiger partial charge in [-0.3, -0.25) is 0 Å². The number of nitrogens with two attached hydrogens (primary N) is 1. The van der Waals surface area contributed by atoms with Crippen LogP contribution in [-0.4, -0.2) is 6.61 Å². The first-order valence-corrected chi connectivity index (χ1v) is 6.44. The molecule has 1 rings (SSSR count). The Morgan fingerprint density at radius 3 is 2.83 bits per heavy atom.